The smallest absolute Gasteiger partial charge is 0.270 e. The van der Waals surface area contributed by atoms with E-state index in [0.29, 0.717) is 33.7 Å². The maximum atomic E-state index is 12.8. The second kappa shape index (κ2) is 6.95. The predicted molar refractivity (Wildman–Crippen MR) is 98.5 cm³/mol. The lowest BCUT2D eigenvalue weighted by Gasteiger charge is -2.07. The molecule has 9 heteroatoms. The van der Waals surface area contributed by atoms with Crippen LogP contribution in [0.3, 0.4) is 0 Å². The van der Waals surface area contributed by atoms with Gasteiger partial charge >= 0.3 is 0 Å². The molecule has 0 unspecified atom stereocenters. The Morgan fingerprint density at radius 3 is 2.86 bits per heavy atom. The zero-order chi connectivity index (χ0) is 19.7. The summed E-state index contributed by atoms with van der Waals surface area (Å²) in [5, 5.41) is 18.2. The topological polar surface area (TPSA) is 124 Å². The van der Waals surface area contributed by atoms with E-state index in [1.807, 2.05) is 0 Å². The lowest BCUT2D eigenvalue weighted by atomic mass is 10.0. The standard InChI is InChI=1S/C19H14N4O5/c1-11-17-15(18(24)20-10-14-6-3-7-27-14)9-16(21-19(17)28-22-11)12-4-2-5-13(8-12)23(25)26/h2-9H,10H2,1H3,(H,20,24). The molecule has 0 aliphatic rings. The van der Waals surface area contributed by atoms with Gasteiger partial charge in [-0.25, -0.2) is 4.98 Å². The number of pyridine rings is 1. The third-order valence-corrected chi connectivity index (χ3v) is 4.22. The first-order valence-electron chi connectivity index (χ1n) is 8.35. The summed E-state index contributed by atoms with van der Waals surface area (Å²) in [4.78, 5) is 27.7. The number of hydrogen-bond donors (Lipinski definition) is 1. The van der Waals surface area contributed by atoms with E-state index in [4.69, 9.17) is 8.94 Å². The van der Waals surface area contributed by atoms with Crippen LogP contribution < -0.4 is 5.32 Å². The highest BCUT2D eigenvalue weighted by molar-refractivity contribution is 6.06. The largest absolute Gasteiger partial charge is 0.467 e. The minimum Gasteiger partial charge on any atom is -0.467 e. The van der Waals surface area contributed by atoms with Gasteiger partial charge in [0.1, 0.15) is 5.76 Å². The van der Waals surface area contributed by atoms with E-state index < -0.39 is 4.92 Å². The molecule has 0 atom stereocenters. The molecule has 1 amide bonds. The van der Waals surface area contributed by atoms with Crippen LogP contribution in [0, 0.1) is 17.0 Å². The molecule has 0 aliphatic carbocycles. The molecule has 1 aromatic carbocycles. The van der Waals surface area contributed by atoms with Crippen molar-refractivity contribution < 1.29 is 18.7 Å². The van der Waals surface area contributed by atoms with Gasteiger partial charge in [0.25, 0.3) is 17.3 Å². The number of nitro benzene ring substituents is 1. The highest BCUT2D eigenvalue weighted by Gasteiger charge is 2.20. The number of furan rings is 1. The van der Waals surface area contributed by atoms with E-state index in [0.717, 1.165) is 0 Å². The van der Waals surface area contributed by atoms with Gasteiger partial charge in [-0.15, -0.1) is 0 Å². The summed E-state index contributed by atoms with van der Waals surface area (Å²) < 4.78 is 10.5. The van der Waals surface area contributed by atoms with Crippen molar-refractivity contribution in [2.45, 2.75) is 13.5 Å². The average Bonchev–Trinajstić information content (AvgIpc) is 3.35. The van der Waals surface area contributed by atoms with Gasteiger partial charge in [-0.3, -0.25) is 14.9 Å². The number of fused-ring (bicyclic) bond motifs is 1. The number of nitro groups is 1. The fourth-order valence-corrected chi connectivity index (χ4v) is 2.88. The Morgan fingerprint density at radius 1 is 1.25 bits per heavy atom. The molecule has 3 heterocycles. The Hall–Kier alpha value is -4.01. The molecular formula is C19H14N4O5. The summed E-state index contributed by atoms with van der Waals surface area (Å²) in [5.74, 6) is 0.251. The maximum Gasteiger partial charge on any atom is 0.270 e. The number of aromatic nitrogens is 2. The van der Waals surface area contributed by atoms with E-state index in [1.54, 1.807) is 37.3 Å². The van der Waals surface area contributed by atoms with Crippen molar-refractivity contribution in [2.24, 2.45) is 0 Å². The van der Waals surface area contributed by atoms with Crippen LogP contribution in [0.15, 0.2) is 57.7 Å². The van der Waals surface area contributed by atoms with Crippen molar-refractivity contribution in [1.82, 2.24) is 15.5 Å². The fourth-order valence-electron chi connectivity index (χ4n) is 2.88. The third-order valence-electron chi connectivity index (χ3n) is 4.22. The summed E-state index contributed by atoms with van der Waals surface area (Å²) in [7, 11) is 0. The van der Waals surface area contributed by atoms with Crippen LogP contribution in [0.2, 0.25) is 0 Å². The van der Waals surface area contributed by atoms with Gasteiger partial charge in [-0.05, 0) is 25.1 Å². The summed E-state index contributed by atoms with van der Waals surface area (Å²) in [6, 6.07) is 11.1. The van der Waals surface area contributed by atoms with Crippen LogP contribution in [-0.4, -0.2) is 21.0 Å². The Bertz CT molecular complexity index is 1180. The molecule has 4 rings (SSSR count). The number of amides is 1. The van der Waals surface area contributed by atoms with Crippen molar-refractivity contribution >= 4 is 22.7 Å². The summed E-state index contributed by atoms with van der Waals surface area (Å²) in [5.41, 5.74) is 1.82. The first-order valence-corrected chi connectivity index (χ1v) is 8.35. The Morgan fingerprint density at radius 2 is 2.11 bits per heavy atom. The monoisotopic (exact) mass is 378 g/mol. The van der Waals surface area contributed by atoms with Gasteiger partial charge in [-0.1, -0.05) is 17.3 Å². The maximum absolute atomic E-state index is 12.8. The molecule has 0 radical (unpaired) electrons. The van der Waals surface area contributed by atoms with Crippen LogP contribution in [0.5, 0.6) is 0 Å². The Kier molecular flexibility index (Phi) is 4.32. The van der Waals surface area contributed by atoms with Gasteiger partial charge in [0.2, 0.25) is 0 Å². The number of non-ortho nitro benzene ring substituents is 1. The molecule has 9 nitrogen and oxygen atoms in total. The van der Waals surface area contributed by atoms with Crippen LogP contribution in [-0.2, 0) is 6.54 Å². The quantitative estimate of drug-likeness (QED) is 0.415. The molecule has 0 aliphatic heterocycles. The average molecular weight is 378 g/mol. The number of carbonyl (C=O) groups is 1. The Labute approximate surface area is 158 Å². The number of rotatable bonds is 5. The van der Waals surface area contributed by atoms with Crippen LogP contribution in [0.4, 0.5) is 5.69 Å². The van der Waals surface area contributed by atoms with Crippen molar-refractivity contribution in [3.63, 3.8) is 0 Å². The summed E-state index contributed by atoms with van der Waals surface area (Å²) in [6.07, 6.45) is 1.52. The number of carbonyl (C=O) groups excluding carboxylic acids is 1. The molecular weight excluding hydrogens is 364 g/mol. The predicted octanol–water partition coefficient (Wildman–Crippen LogP) is 3.63. The second-order valence-electron chi connectivity index (χ2n) is 6.07. The zero-order valence-corrected chi connectivity index (χ0v) is 14.7. The molecule has 0 saturated carbocycles. The number of benzene rings is 1. The lowest BCUT2D eigenvalue weighted by molar-refractivity contribution is -0.384. The van der Waals surface area contributed by atoms with E-state index in [1.165, 1.54) is 18.4 Å². The van der Waals surface area contributed by atoms with E-state index >= 15 is 0 Å². The van der Waals surface area contributed by atoms with Crippen LogP contribution in [0.25, 0.3) is 22.4 Å². The molecule has 28 heavy (non-hydrogen) atoms. The van der Waals surface area contributed by atoms with E-state index in [2.05, 4.69) is 15.5 Å². The minimum absolute atomic E-state index is 0.0723. The van der Waals surface area contributed by atoms with Crippen LogP contribution in [0.1, 0.15) is 21.8 Å². The first-order chi connectivity index (χ1) is 13.5. The van der Waals surface area contributed by atoms with Crippen molar-refractivity contribution in [2.75, 3.05) is 0 Å². The van der Waals surface area contributed by atoms with Crippen molar-refractivity contribution in [3.05, 3.63) is 75.9 Å². The molecule has 0 bridgehead atoms. The first kappa shape index (κ1) is 17.4. The molecule has 0 saturated heterocycles. The molecule has 140 valence electrons. The van der Waals surface area contributed by atoms with E-state index in [9.17, 15) is 14.9 Å². The van der Waals surface area contributed by atoms with E-state index in [-0.39, 0.29) is 23.9 Å². The fraction of sp³-hybridized carbons (Fsp3) is 0.105. The molecule has 1 N–H and O–H groups in total. The highest BCUT2D eigenvalue weighted by Crippen LogP contribution is 2.28. The number of nitrogens with one attached hydrogen (secondary N) is 1. The van der Waals surface area contributed by atoms with Gasteiger partial charge in [0, 0.05) is 17.7 Å². The van der Waals surface area contributed by atoms with Crippen LogP contribution >= 0.6 is 0 Å². The summed E-state index contributed by atoms with van der Waals surface area (Å²) >= 11 is 0. The minimum atomic E-state index is -0.488. The molecule has 3 aromatic heterocycles. The number of hydrogen-bond acceptors (Lipinski definition) is 7. The van der Waals surface area contributed by atoms with Gasteiger partial charge in [-0.2, -0.15) is 0 Å². The molecule has 0 fully saturated rings. The van der Waals surface area contributed by atoms with Gasteiger partial charge in [0.05, 0.1) is 40.1 Å². The van der Waals surface area contributed by atoms with Gasteiger partial charge < -0.3 is 14.3 Å². The number of nitrogens with zero attached hydrogens (tertiary/aromatic N) is 3. The molecule has 0 spiro atoms. The number of aryl methyl sites for hydroxylation is 1. The lowest BCUT2D eigenvalue weighted by Crippen LogP contribution is -2.23. The second-order valence-corrected chi connectivity index (χ2v) is 6.07. The highest BCUT2D eigenvalue weighted by atomic mass is 16.6. The Balaban J connectivity index is 1.76. The molecule has 4 aromatic rings. The zero-order valence-electron chi connectivity index (χ0n) is 14.7. The summed E-state index contributed by atoms with van der Waals surface area (Å²) in [6.45, 7) is 1.93. The third kappa shape index (κ3) is 3.20. The van der Waals surface area contributed by atoms with Crippen molar-refractivity contribution in [3.8, 4) is 11.3 Å². The van der Waals surface area contributed by atoms with Crippen molar-refractivity contribution in [1.29, 1.82) is 0 Å². The SMILES string of the molecule is Cc1noc2nc(-c3cccc([N+](=O)[O-])c3)cc(C(=O)NCc3ccco3)c12. The van der Waals surface area contributed by atoms with Gasteiger partial charge in [0.15, 0.2) is 0 Å². The normalized spacial score (nSPS) is 10.9.